The molecule has 0 saturated carbocycles. The van der Waals surface area contributed by atoms with Gasteiger partial charge in [0.15, 0.2) is 5.69 Å². The van der Waals surface area contributed by atoms with Gasteiger partial charge in [0.2, 0.25) is 0 Å². The maximum Gasteiger partial charge on any atom is 0.358 e. The number of hydrogen-bond donors (Lipinski definition) is 0. The van der Waals surface area contributed by atoms with Crippen LogP contribution in [-0.2, 0) is 4.74 Å². The number of rotatable bonds is 3. The topological polar surface area (TPSA) is 55.3 Å². The second-order valence-corrected chi connectivity index (χ2v) is 5.32. The molecule has 1 aromatic heterocycles. The standard InChI is InChI=1S/C14H21N3O2/c1-10(2)11-4-6-17(7-5-11)13-9-15-12(8-16-13)14(18)19-3/h8-11H,4-7H2,1-3H3. The lowest BCUT2D eigenvalue weighted by Crippen LogP contribution is -2.35. The Morgan fingerprint density at radius 3 is 2.47 bits per heavy atom. The van der Waals surface area contributed by atoms with Gasteiger partial charge in [0.05, 0.1) is 19.5 Å². The van der Waals surface area contributed by atoms with Crippen molar-refractivity contribution in [3.8, 4) is 0 Å². The van der Waals surface area contributed by atoms with Gasteiger partial charge >= 0.3 is 5.97 Å². The Morgan fingerprint density at radius 2 is 2.00 bits per heavy atom. The lowest BCUT2D eigenvalue weighted by molar-refractivity contribution is 0.0593. The molecule has 1 aromatic rings. The van der Waals surface area contributed by atoms with E-state index in [-0.39, 0.29) is 5.69 Å². The molecule has 0 radical (unpaired) electrons. The lowest BCUT2D eigenvalue weighted by atomic mass is 9.87. The normalized spacial score (nSPS) is 16.7. The maximum atomic E-state index is 11.3. The molecule has 1 aliphatic rings. The molecule has 1 aliphatic heterocycles. The highest BCUT2D eigenvalue weighted by Gasteiger charge is 2.22. The van der Waals surface area contributed by atoms with Gasteiger partial charge in [-0.25, -0.2) is 14.8 Å². The zero-order valence-corrected chi connectivity index (χ0v) is 11.8. The van der Waals surface area contributed by atoms with E-state index in [1.54, 1.807) is 6.20 Å². The molecule has 0 aromatic carbocycles. The van der Waals surface area contributed by atoms with Crippen LogP contribution >= 0.6 is 0 Å². The van der Waals surface area contributed by atoms with Crippen molar-refractivity contribution in [3.05, 3.63) is 18.1 Å². The number of ether oxygens (including phenoxy) is 1. The Labute approximate surface area is 114 Å². The predicted octanol–water partition coefficient (Wildman–Crippen LogP) is 2.14. The van der Waals surface area contributed by atoms with E-state index in [1.165, 1.54) is 26.1 Å². The summed E-state index contributed by atoms with van der Waals surface area (Å²) in [6.07, 6.45) is 5.52. The Bertz CT molecular complexity index is 423. The summed E-state index contributed by atoms with van der Waals surface area (Å²) < 4.78 is 4.61. The fourth-order valence-corrected chi connectivity index (χ4v) is 2.49. The van der Waals surface area contributed by atoms with Gasteiger partial charge in [0.1, 0.15) is 5.82 Å². The molecular weight excluding hydrogens is 242 g/mol. The molecule has 0 bridgehead atoms. The van der Waals surface area contributed by atoms with Gasteiger partial charge in [-0.05, 0) is 24.7 Å². The smallest absolute Gasteiger partial charge is 0.358 e. The zero-order chi connectivity index (χ0) is 13.8. The number of hydrogen-bond acceptors (Lipinski definition) is 5. The molecule has 1 fully saturated rings. The monoisotopic (exact) mass is 263 g/mol. The van der Waals surface area contributed by atoms with Crippen LogP contribution in [0.15, 0.2) is 12.4 Å². The van der Waals surface area contributed by atoms with Crippen molar-refractivity contribution >= 4 is 11.8 Å². The van der Waals surface area contributed by atoms with E-state index < -0.39 is 5.97 Å². The summed E-state index contributed by atoms with van der Waals surface area (Å²) in [4.78, 5) is 21.9. The van der Waals surface area contributed by atoms with E-state index in [4.69, 9.17) is 0 Å². The van der Waals surface area contributed by atoms with Gasteiger partial charge in [-0.15, -0.1) is 0 Å². The largest absolute Gasteiger partial charge is 0.464 e. The minimum Gasteiger partial charge on any atom is -0.464 e. The van der Waals surface area contributed by atoms with Crippen LogP contribution in [0.4, 0.5) is 5.82 Å². The molecule has 0 unspecified atom stereocenters. The van der Waals surface area contributed by atoms with Crippen LogP contribution in [0.25, 0.3) is 0 Å². The molecule has 0 spiro atoms. The third-order valence-corrected chi connectivity index (χ3v) is 3.84. The number of carbonyl (C=O) groups excluding carboxylic acids is 1. The van der Waals surface area contributed by atoms with Gasteiger partial charge in [0.25, 0.3) is 0 Å². The molecule has 0 amide bonds. The molecule has 2 rings (SSSR count). The molecule has 0 N–H and O–H groups in total. The Morgan fingerprint density at radius 1 is 1.32 bits per heavy atom. The van der Waals surface area contributed by atoms with Crippen LogP contribution < -0.4 is 4.90 Å². The van der Waals surface area contributed by atoms with Crippen molar-refractivity contribution in [1.29, 1.82) is 0 Å². The first-order chi connectivity index (χ1) is 9.11. The second-order valence-electron chi connectivity index (χ2n) is 5.32. The van der Waals surface area contributed by atoms with Gasteiger partial charge in [0, 0.05) is 13.1 Å². The van der Waals surface area contributed by atoms with E-state index in [0.717, 1.165) is 30.7 Å². The third-order valence-electron chi connectivity index (χ3n) is 3.84. The quantitative estimate of drug-likeness (QED) is 0.782. The van der Waals surface area contributed by atoms with Crippen molar-refractivity contribution in [3.63, 3.8) is 0 Å². The highest BCUT2D eigenvalue weighted by molar-refractivity contribution is 5.86. The number of anilines is 1. The van der Waals surface area contributed by atoms with Crippen molar-refractivity contribution < 1.29 is 9.53 Å². The fraction of sp³-hybridized carbons (Fsp3) is 0.643. The zero-order valence-electron chi connectivity index (χ0n) is 11.8. The summed E-state index contributed by atoms with van der Waals surface area (Å²) in [7, 11) is 1.34. The highest BCUT2D eigenvalue weighted by Crippen LogP contribution is 2.26. The predicted molar refractivity (Wildman–Crippen MR) is 73.1 cm³/mol. The van der Waals surface area contributed by atoms with Crippen LogP contribution in [0.1, 0.15) is 37.2 Å². The Kier molecular flexibility index (Phi) is 4.35. The van der Waals surface area contributed by atoms with E-state index in [0.29, 0.717) is 0 Å². The van der Waals surface area contributed by atoms with E-state index in [1.807, 2.05) is 0 Å². The first-order valence-corrected chi connectivity index (χ1v) is 6.77. The summed E-state index contributed by atoms with van der Waals surface area (Å²) in [5, 5.41) is 0. The van der Waals surface area contributed by atoms with Crippen molar-refractivity contribution in [2.45, 2.75) is 26.7 Å². The number of methoxy groups -OCH3 is 1. The van der Waals surface area contributed by atoms with E-state index in [9.17, 15) is 4.79 Å². The highest BCUT2D eigenvalue weighted by atomic mass is 16.5. The third kappa shape index (κ3) is 3.22. The summed E-state index contributed by atoms with van der Waals surface area (Å²) in [6, 6.07) is 0. The summed E-state index contributed by atoms with van der Waals surface area (Å²) in [6.45, 7) is 6.58. The summed E-state index contributed by atoms with van der Waals surface area (Å²) >= 11 is 0. The van der Waals surface area contributed by atoms with Crippen LogP contribution in [0, 0.1) is 11.8 Å². The lowest BCUT2D eigenvalue weighted by Gasteiger charge is -2.34. The average molecular weight is 263 g/mol. The van der Waals surface area contributed by atoms with Crippen LogP contribution in [0.5, 0.6) is 0 Å². The van der Waals surface area contributed by atoms with Crippen molar-refractivity contribution in [2.75, 3.05) is 25.1 Å². The maximum absolute atomic E-state index is 11.3. The molecule has 104 valence electrons. The van der Waals surface area contributed by atoms with Crippen molar-refractivity contribution in [2.24, 2.45) is 11.8 Å². The number of nitrogens with zero attached hydrogens (tertiary/aromatic N) is 3. The molecule has 2 heterocycles. The molecule has 5 nitrogen and oxygen atoms in total. The van der Waals surface area contributed by atoms with Gasteiger partial charge in [-0.3, -0.25) is 0 Å². The van der Waals surface area contributed by atoms with Crippen LogP contribution in [0.3, 0.4) is 0 Å². The second kappa shape index (κ2) is 5.99. The van der Waals surface area contributed by atoms with E-state index in [2.05, 4.69) is 33.5 Å². The van der Waals surface area contributed by atoms with Gasteiger partial charge in [-0.2, -0.15) is 0 Å². The number of carbonyl (C=O) groups is 1. The average Bonchev–Trinajstić information content (AvgIpc) is 2.46. The molecule has 0 atom stereocenters. The van der Waals surface area contributed by atoms with Crippen molar-refractivity contribution in [1.82, 2.24) is 9.97 Å². The number of piperidine rings is 1. The minimum absolute atomic E-state index is 0.253. The first-order valence-electron chi connectivity index (χ1n) is 6.77. The fourth-order valence-electron chi connectivity index (χ4n) is 2.49. The SMILES string of the molecule is COC(=O)c1cnc(N2CCC(C(C)C)CC2)cn1. The van der Waals surface area contributed by atoms with E-state index >= 15 is 0 Å². The molecular formula is C14H21N3O2. The summed E-state index contributed by atoms with van der Waals surface area (Å²) in [5.74, 6) is 1.95. The molecule has 0 aliphatic carbocycles. The number of aromatic nitrogens is 2. The van der Waals surface area contributed by atoms with Crippen LogP contribution in [-0.4, -0.2) is 36.1 Å². The molecule has 5 heteroatoms. The van der Waals surface area contributed by atoms with Gasteiger partial charge in [-0.1, -0.05) is 13.8 Å². The Hall–Kier alpha value is -1.65. The molecule has 19 heavy (non-hydrogen) atoms. The summed E-state index contributed by atoms with van der Waals surface area (Å²) in [5.41, 5.74) is 0.253. The minimum atomic E-state index is -0.447. The number of esters is 1. The van der Waals surface area contributed by atoms with Crippen LogP contribution in [0.2, 0.25) is 0 Å². The molecule has 1 saturated heterocycles. The Balaban J connectivity index is 1.98. The first kappa shape index (κ1) is 13.8. The van der Waals surface area contributed by atoms with Gasteiger partial charge < -0.3 is 9.64 Å².